The van der Waals surface area contributed by atoms with Gasteiger partial charge in [-0.15, -0.1) is 6.58 Å². The summed E-state index contributed by atoms with van der Waals surface area (Å²) in [6.07, 6.45) is 5.73. The second-order valence-corrected chi connectivity index (χ2v) is 8.84. The Morgan fingerprint density at radius 1 is 1.00 bits per heavy atom. The number of sulfonamides is 1. The van der Waals surface area contributed by atoms with Gasteiger partial charge in [-0.2, -0.15) is 0 Å². The van der Waals surface area contributed by atoms with Crippen LogP contribution in [-0.2, 0) is 10.0 Å². The number of nitrogens with one attached hydrogen (secondary N) is 1. The molecule has 0 radical (unpaired) electrons. The second kappa shape index (κ2) is 10.3. The van der Waals surface area contributed by atoms with Gasteiger partial charge in [0.05, 0.1) is 4.90 Å². The number of amides is 1. The summed E-state index contributed by atoms with van der Waals surface area (Å²) in [6.45, 7) is 7.43. The molecule has 0 bridgehead atoms. The van der Waals surface area contributed by atoms with Gasteiger partial charge in [-0.3, -0.25) is 9.69 Å². The van der Waals surface area contributed by atoms with E-state index in [4.69, 9.17) is 0 Å². The average molecular weight is 426 g/mol. The summed E-state index contributed by atoms with van der Waals surface area (Å²) in [4.78, 5) is 17.0. The van der Waals surface area contributed by atoms with E-state index < -0.39 is 10.0 Å². The van der Waals surface area contributed by atoms with Crippen molar-refractivity contribution >= 4 is 22.0 Å². The minimum Gasteiger partial charge on any atom is -0.336 e. The minimum atomic E-state index is -3.59. The van der Waals surface area contributed by atoms with Crippen molar-refractivity contribution < 1.29 is 13.2 Å². The SMILES string of the molecule is C=CCNS(=O)(=O)c1ccc(C(=O)N2CCN(C/C=C/c3ccccc3)CC2)cc1. The molecule has 0 aromatic heterocycles. The fraction of sp³-hybridized carbons (Fsp3) is 0.261. The summed E-state index contributed by atoms with van der Waals surface area (Å²) in [5.41, 5.74) is 1.67. The lowest BCUT2D eigenvalue weighted by atomic mass is 10.2. The quantitative estimate of drug-likeness (QED) is 0.660. The summed E-state index contributed by atoms with van der Waals surface area (Å²) in [5.74, 6) is -0.0718. The summed E-state index contributed by atoms with van der Waals surface area (Å²) in [5, 5.41) is 0. The normalized spacial score (nSPS) is 15.4. The fourth-order valence-electron chi connectivity index (χ4n) is 3.25. The molecule has 0 aliphatic carbocycles. The van der Waals surface area contributed by atoms with Crippen LogP contribution in [0.15, 0.2) is 78.2 Å². The Labute approximate surface area is 178 Å². The summed E-state index contributed by atoms with van der Waals surface area (Å²) in [6, 6.07) is 16.2. The number of carbonyl (C=O) groups is 1. The van der Waals surface area contributed by atoms with Crippen LogP contribution in [0, 0.1) is 0 Å². The lowest BCUT2D eigenvalue weighted by Gasteiger charge is -2.34. The molecule has 7 heteroatoms. The Morgan fingerprint density at radius 3 is 2.30 bits per heavy atom. The van der Waals surface area contributed by atoms with E-state index in [2.05, 4.69) is 40.5 Å². The number of nitrogens with zero attached hydrogens (tertiary/aromatic N) is 2. The molecule has 0 saturated carbocycles. The van der Waals surface area contributed by atoms with Gasteiger partial charge in [0.25, 0.3) is 5.91 Å². The lowest BCUT2D eigenvalue weighted by Crippen LogP contribution is -2.48. The molecule has 1 aliphatic heterocycles. The van der Waals surface area contributed by atoms with E-state index >= 15 is 0 Å². The van der Waals surface area contributed by atoms with Crippen molar-refractivity contribution in [1.29, 1.82) is 0 Å². The first-order valence-electron chi connectivity index (χ1n) is 9.93. The number of carbonyl (C=O) groups excluding carboxylic acids is 1. The van der Waals surface area contributed by atoms with Crippen LogP contribution in [0.3, 0.4) is 0 Å². The van der Waals surface area contributed by atoms with Crippen molar-refractivity contribution in [1.82, 2.24) is 14.5 Å². The van der Waals surface area contributed by atoms with Gasteiger partial charge in [-0.25, -0.2) is 13.1 Å². The van der Waals surface area contributed by atoms with Crippen molar-refractivity contribution in [3.05, 3.63) is 84.5 Å². The number of hydrogen-bond acceptors (Lipinski definition) is 4. The molecule has 1 aliphatic rings. The van der Waals surface area contributed by atoms with Crippen molar-refractivity contribution in [3.63, 3.8) is 0 Å². The zero-order chi connectivity index (χ0) is 21.4. The highest BCUT2D eigenvalue weighted by Crippen LogP contribution is 2.14. The predicted molar refractivity (Wildman–Crippen MR) is 120 cm³/mol. The van der Waals surface area contributed by atoms with E-state index in [1.165, 1.54) is 23.8 Å². The molecule has 30 heavy (non-hydrogen) atoms. The summed E-state index contributed by atoms with van der Waals surface area (Å²) >= 11 is 0. The summed E-state index contributed by atoms with van der Waals surface area (Å²) < 4.78 is 26.7. The molecule has 1 fully saturated rings. The molecular weight excluding hydrogens is 398 g/mol. The van der Waals surface area contributed by atoms with Gasteiger partial charge in [-0.05, 0) is 29.8 Å². The van der Waals surface area contributed by atoms with Gasteiger partial charge in [-0.1, -0.05) is 48.6 Å². The zero-order valence-corrected chi connectivity index (χ0v) is 17.7. The number of benzene rings is 2. The molecule has 1 N–H and O–H groups in total. The Hall–Kier alpha value is -2.74. The van der Waals surface area contributed by atoms with Crippen LogP contribution in [0.5, 0.6) is 0 Å². The molecule has 2 aromatic carbocycles. The Kier molecular flexibility index (Phi) is 7.57. The van der Waals surface area contributed by atoms with Gasteiger partial charge in [0.2, 0.25) is 10.0 Å². The summed E-state index contributed by atoms with van der Waals surface area (Å²) in [7, 11) is -3.59. The van der Waals surface area contributed by atoms with Crippen LogP contribution in [0.25, 0.3) is 6.08 Å². The molecule has 0 spiro atoms. The third kappa shape index (κ3) is 5.89. The van der Waals surface area contributed by atoms with E-state index in [0.29, 0.717) is 18.7 Å². The lowest BCUT2D eigenvalue weighted by molar-refractivity contribution is 0.0650. The maximum absolute atomic E-state index is 12.8. The highest BCUT2D eigenvalue weighted by atomic mass is 32.2. The second-order valence-electron chi connectivity index (χ2n) is 7.07. The van der Waals surface area contributed by atoms with Gasteiger partial charge in [0.15, 0.2) is 0 Å². The van der Waals surface area contributed by atoms with Gasteiger partial charge < -0.3 is 4.90 Å². The van der Waals surface area contributed by atoms with Crippen molar-refractivity contribution in [2.45, 2.75) is 4.90 Å². The van der Waals surface area contributed by atoms with Gasteiger partial charge in [0.1, 0.15) is 0 Å². The molecule has 6 nitrogen and oxygen atoms in total. The molecule has 3 rings (SSSR count). The van der Waals surface area contributed by atoms with Gasteiger partial charge in [0, 0.05) is 44.8 Å². The Bertz CT molecular complexity index is 978. The molecule has 1 saturated heterocycles. The first-order valence-corrected chi connectivity index (χ1v) is 11.4. The van der Waals surface area contributed by atoms with Crippen molar-refractivity contribution in [2.75, 3.05) is 39.3 Å². The van der Waals surface area contributed by atoms with Crippen LogP contribution in [0.4, 0.5) is 0 Å². The predicted octanol–water partition coefficient (Wildman–Crippen LogP) is 2.62. The first kappa shape index (κ1) is 22.0. The molecule has 158 valence electrons. The molecule has 1 heterocycles. The largest absolute Gasteiger partial charge is 0.336 e. The number of piperazine rings is 1. The van der Waals surface area contributed by atoms with Crippen LogP contribution in [0.2, 0.25) is 0 Å². The molecule has 1 amide bonds. The zero-order valence-electron chi connectivity index (χ0n) is 16.9. The number of rotatable bonds is 8. The highest BCUT2D eigenvalue weighted by molar-refractivity contribution is 7.89. The molecule has 0 unspecified atom stereocenters. The van der Waals surface area contributed by atoms with E-state index in [9.17, 15) is 13.2 Å². The van der Waals surface area contributed by atoms with E-state index in [1.807, 2.05) is 23.1 Å². The fourth-order valence-corrected chi connectivity index (χ4v) is 4.25. The first-order chi connectivity index (χ1) is 14.5. The van der Waals surface area contributed by atoms with E-state index in [1.54, 1.807) is 12.1 Å². The molecule has 2 aromatic rings. The van der Waals surface area contributed by atoms with Crippen LogP contribution in [-0.4, -0.2) is 63.4 Å². The topological polar surface area (TPSA) is 69.7 Å². The average Bonchev–Trinajstić information content (AvgIpc) is 2.78. The molecular formula is C23H27N3O3S. The number of hydrogen-bond donors (Lipinski definition) is 1. The van der Waals surface area contributed by atoms with E-state index in [-0.39, 0.29) is 17.3 Å². The smallest absolute Gasteiger partial charge is 0.253 e. The highest BCUT2D eigenvalue weighted by Gasteiger charge is 2.22. The third-order valence-electron chi connectivity index (χ3n) is 4.96. The maximum Gasteiger partial charge on any atom is 0.253 e. The van der Waals surface area contributed by atoms with Crippen LogP contribution in [0.1, 0.15) is 15.9 Å². The Balaban J connectivity index is 1.51. The monoisotopic (exact) mass is 425 g/mol. The van der Waals surface area contributed by atoms with Crippen molar-refractivity contribution in [3.8, 4) is 0 Å². The van der Waals surface area contributed by atoms with Crippen LogP contribution < -0.4 is 4.72 Å². The molecule has 0 atom stereocenters. The standard InChI is InChI=1S/C23H27N3O3S/c1-2-14-24-30(28,29)22-12-10-21(11-13-22)23(27)26-18-16-25(17-19-26)15-6-9-20-7-4-3-5-8-20/h2-13,24H,1,14-19H2/b9-6+. The van der Waals surface area contributed by atoms with Crippen molar-refractivity contribution in [2.24, 2.45) is 0 Å². The van der Waals surface area contributed by atoms with Gasteiger partial charge >= 0.3 is 0 Å². The Morgan fingerprint density at radius 2 is 1.67 bits per heavy atom. The maximum atomic E-state index is 12.8. The van der Waals surface area contributed by atoms with E-state index in [0.717, 1.165) is 19.6 Å². The third-order valence-corrected chi connectivity index (χ3v) is 6.40. The van der Waals surface area contributed by atoms with Crippen LogP contribution >= 0.6 is 0 Å². The minimum absolute atomic E-state index is 0.0718.